The molecule has 0 amide bonds. The third kappa shape index (κ3) is 4.30. The Morgan fingerprint density at radius 2 is 2.08 bits per heavy atom. The quantitative estimate of drug-likeness (QED) is 0.402. The molecule has 0 radical (unpaired) electrons. The molecule has 0 saturated heterocycles. The predicted molar refractivity (Wildman–Crippen MR) is 52.5 cm³/mol. The Bertz CT molecular complexity index is 238. The van der Waals surface area contributed by atoms with Gasteiger partial charge in [0.25, 0.3) is 0 Å². The molecule has 13 heavy (non-hydrogen) atoms. The van der Waals surface area contributed by atoms with Gasteiger partial charge in [-0.1, -0.05) is 0 Å². The predicted octanol–water partition coefficient (Wildman–Crippen LogP) is 0.871. The highest BCUT2D eigenvalue weighted by Gasteiger charge is 2.08. The molecule has 0 rings (SSSR count). The average molecular weight is 184 g/mol. The number of nitrogens with zero attached hydrogens (tertiary/aromatic N) is 1. The van der Waals surface area contributed by atoms with E-state index in [4.69, 9.17) is 5.73 Å². The summed E-state index contributed by atoms with van der Waals surface area (Å²) in [5.74, 6) is -0.454. The number of allylic oxidation sites excluding steroid dienone is 1. The first-order valence-corrected chi connectivity index (χ1v) is 4.06. The lowest BCUT2D eigenvalue weighted by molar-refractivity contribution is -0.135. The van der Waals surface area contributed by atoms with Gasteiger partial charge in [-0.05, 0) is 20.8 Å². The lowest BCUT2D eigenvalue weighted by atomic mass is 10.2. The van der Waals surface area contributed by atoms with Gasteiger partial charge in [-0.15, -0.1) is 0 Å². The standard InChI is InChI=1S/C9H16N2O2/c1-6(2)11-5-8(7(3)10)9(12)13-4/h5-6H,10H2,1-4H3. The van der Waals surface area contributed by atoms with E-state index in [2.05, 4.69) is 9.73 Å². The first kappa shape index (κ1) is 11.7. The van der Waals surface area contributed by atoms with Crippen LogP contribution >= 0.6 is 0 Å². The van der Waals surface area contributed by atoms with Crippen molar-refractivity contribution in [3.8, 4) is 0 Å². The molecule has 74 valence electrons. The van der Waals surface area contributed by atoms with Crippen LogP contribution in [0.25, 0.3) is 0 Å². The number of hydrogen-bond acceptors (Lipinski definition) is 4. The lowest BCUT2D eigenvalue weighted by Crippen LogP contribution is -2.12. The van der Waals surface area contributed by atoms with Crippen LogP contribution in [0.5, 0.6) is 0 Å². The van der Waals surface area contributed by atoms with Crippen molar-refractivity contribution in [2.75, 3.05) is 7.11 Å². The van der Waals surface area contributed by atoms with Gasteiger partial charge in [-0.3, -0.25) is 4.99 Å². The summed E-state index contributed by atoms with van der Waals surface area (Å²) in [5.41, 5.74) is 6.22. The average Bonchev–Trinajstić information content (AvgIpc) is 2.03. The molecule has 4 nitrogen and oxygen atoms in total. The fraction of sp³-hybridized carbons (Fsp3) is 0.556. The summed E-state index contributed by atoms with van der Waals surface area (Å²) in [7, 11) is 1.31. The van der Waals surface area contributed by atoms with Crippen molar-refractivity contribution in [2.24, 2.45) is 10.7 Å². The number of rotatable bonds is 3. The Kier molecular flexibility index (Phi) is 4.80. The summed E-state index contributed by atoms with van der Waals surface area (Å²) in [6.45, 7) is 5.47. The number of carbonyl (C=O) groups excluding carboxylic acids is 1. The number of carbonyl (C=O) groups is 1. The molecule has 0 fully saturated rings. The van der Waals surface area contributed by atoms with E-state index in [1.54, 1.807) is 6.92 Å². The van der Waals surface area contributed by atoms with Gasteiger partial charge >= 0.3 is 5.97 Å². The molecule has 0 aliphatic heterocycles. The van der Waals surface area contributed by atoms with E-state index >= 15 is 0 Å². The highest BCUT2D eigenvalue weighted by molar-refractivity contribution is 6.10. The Morgan fingerprint density at radius 1 is 1.54 bits per heavy atom. The van der Waals surface area contributed by atoms with Gasteiger partial charge in [0, 0.05) is 18.0 Å². The van der Waals surface area contributed by atoms with E-state index in [0.717, 1.165) is 0 Å². The number of methoxy groups -OCH3 is 1. The minimum absolute atomic E-state index is 0.138. The maximum Gasteiger partial charge on any atom is 0.341 e. The van der Waals surface area contributed by atoms with Crippen molar-refractivity contribution >= 4 is 12.2 Å². The minimum atomic E-state index is -0.454. The second kappa shape index (κ2) is 5.35. The van der Waals surface area contributed by atoms with Crippen LogP contribution in [0.3, 0.4) is 0 Å². The molecule has 2 N–H and O–H groups in total. The molecule has 4 heteroatoms. The van der Waals surface area contributed by atoms with E-state index < -0.39 is 5.97 Å². The van der Waals surface area contributed by atoms with Crippen LogP contribution in [0.15, 0.2) is 16.3 Å². The number of esters is 1. The summed E-state index contributed by atoms with van der Waals surface area (Å²) in [6.07, 6.45) is 1.45. The van der Waals surface area contributed by atoms with E-state index in [1.165, 1.54) is 13.3 Å². The number of aliphatic imine (C=N–C) groups is 1. The summed E-state index contributed by atoms with van der Waals surface area (Å²) in [6, 6.07) is 0.138. The van der Waals surface area contributed by atoms with Crippen molar-refractivity contribution in [2.45, 2.75) is 26.8 Å². The van der Waals surface area contributed by atoms with Gasteiger partial charge in [-0.2, -0.15) is 0 Å². The minimum Gasteiger partial charge on any atom is -0.465 e. The molecule has 0 aliphatic carbocycles. The number of ether oxygens (including phenoxy) is 1. The zero-order chi connectivity index (χ0) is 10.4. The normalized spacial score (nSPS) is 13.3. The SMILES string of the molecule is COC(=O)C(C=NC(C)C)=C(C)N. The molecule has 0 unspecified atom stereocenters. The van der Waals surface area contributed by atoms with Crippen LogP contribution in [0.1, 0.15) is 20.8 Å². The van der Waals surface area contributed by atoms with Crippen molar-refractivity contribution in [3.63, 3.8) is 0 Å². The molecule has 0 aromatic rings. The van der Waals surface area contributed by atoms with Crippen LogP contribution in [0.4, 0.5) is 0 Å². The van der Waals surface area contributed by atoms with Gasteiger partial charge in [0.15, 0.2) is 0 Å². The fourth-order valence-corrected chi connectivity index (χ4v) is 0.649. The molecule has 0 bridgehead atoms. The molecular formula is C9H16N2O2. The second-order valence-corrected chi connectivity index (χ2v) is 2.96. The summed E-state index contributed by atoms with van der Waals surface area (Å²) in [4.78, 5) is 15.2. The monoisotopic (exact) mass is 184 g/mol. The molecule has 0 heterocycles. The molecule has 0 aromatic heterocycles. The third-order valence-corrected chi connectivity index (χ3v) is 1.33. The largest absolute Gasteiger partial charge is 0.465 e. The highest BCUT2D eigenvalue weighted by atomic mass is 16.5. The Hall–Kier alpha value is -1.32. The zero-order valence-corrected chi connectivity index (χ0v) is 8.50. The maximum absolute atomic E-state index is 11.1. The summed E-state index contributed by atoms with van der Waals surface area (Å²) >= 11 is 0. The van der Waals surface area contributed by atoms with E-state index in [0.29, 0.717) is 11.3 Å². The van der Waals surface area contributed by atoms with Crippen LogP contribution in [-0.2, 0) is 9.53 Å². The van der Waals surface area contributed by atoms with Crippen molar-refractivity contribution in [3.05, 3.63) is 11.3 Å². The van der Waals surface area contributed by atoms with E-state index in [9.17, 15) is 4.79 Å². The van der Waals surface area contributed by atoms with Crippen molar-refractivity contribution in [1.82, 2.24) is 0 Å². The first-order chi connectivity index (χ1) is 5.99. The fourth-order valence-electron chi connectivity index (χ4n) is 0.649. The van der Waals surface area contributed by atoms with Crippen molar-refractivity contribution < 1.29 is 9.53 Å². The van der Waals surface area contributed by atoms with Crippen molar-refractivity contribution in [1.29, 1.82) is 0 Å². The van der Waals surface area contributed by atoms with Crippen LogP contribution in [0, 0.1) is 0 Å². The maximum atomic E-state index is 11.1. The van der Waals surface area contributed by atoms with Gasteiger partial charge in [0.1, 0.15) is 0 Å². The third-order valence-electron chi connectivity index (χ3n) is 1.33. The van der Waals surface area contributed by atoms with Gasteiger partial charge in [-0.25, -0.2) is 4.79 Å². The Morgan fingerprint density at radius 3 is 2.38 bits per heavy atom. The van der Waals surface area contributed by atoms with E-state index in [1.807, 2.05) is 13.8 Å². The Labute approximate surface area is 78.5 Å². The van der Waals surface area contributed by atoms with Gasteiger partial charge in [0.2, 0.25) is 0 Å². The van der Waals surface area contributed by atoms with Crippen LogP contribution in [0.2, 0.25) is 0 Å². The van der Waals surface area contributed by atoms with Gasteiger partial charge in [0.05, 0.1) is 12.7 Å². The highest BCUT2D eigenvalue weighted by Crippen LogP contribution is 1.99. The molecule has 0 atom stereocenters. The molecular weight excluding hydrogens is 168 g/mol. The molecule has 0 aliphatic rings. The van der Waals surface area contributed by atoms with Gasteiger partial charge < -0.3 is 10.5 Å². The first-order valence-electron chi connectivity index (χ1n) is 4.06. The summed E-state index contributed by atoms with van der Waals surface area (Å²) in [5, 5.41) is 0. The molecule has 0 aromatic carbocycles. The summed E-state index contributed by atoms with van der Waals surface area (Å²) < 4.78 is 4.54. The van der Waals surface area contributed by atoms with Crippen LogP contribution in [-0.4, -0.2) is 25.3 Å². The second-order valence-electron chi connectivity index (χ2n) is 2.96. The number of hydrogen-bond donors (Lipinski definition) is 1. The zero-order valence-electron chi connectivity index (χ0n) is 8.50. The van der Waals surface area contributed by atoms with E-state index in [-0.39, 0.29) is 6.04 Å². The molecule has 0 saturated carbocycles. The smallest absolute Gasteiger partial charge is 0.341 e. The molecule has 0 spiro atoms. The topological polar surface area (TPSA) is 64.7 Å². The Balaban J connectivity index is 4.67. The number of nitrogens with two attached hydrogens (primary N) is 1. The lowest BCUT2D eigenvalue weighted by Gasteiger charge is -2.02. The van der Waals surface area contributed by atoms with Crippen LogP contribution < -0.4 is 5.73 Å².